The fourth-order valence-electron chi connectivity index (χ4n) is 3.36. The molecule has 2 aliphatic rings. The maximum absolute atomic E-state index is 4.45. The van der Waals surface area contributed by atoms with Gasteiger partial charge in [-0.1, -0.05) is 24.3 Å². The Hall–Kier alpha value is -2.59. The number of aliphatic imine (C=N–C) groups is 1. The van der Waals surface area contributed by atoms with Crippen LogP contribution in [-0.4, -0.2) is 44.3 Å². The zero-order chi connectivity index (χ0) is 17.1. The van der Waals surface area contributed by atoms with Crippen molar-refractivity contribution in [2.45, 2.75) is 6.54 Å². The smallest absolute Gasteiger partial charge is 0.0646 e. The van der Waals surface area contributed by atoms with Crippen LogP contribution in [0.25, 0.3) is 5.57 Å². The van der Waals surface area contributed by atoms with E-state index >= 15 is 0 Å². The number of piperazine rings is 1. The van der Waals surface area contributed by atoms with Crippen molar-refractivity contribution < 1.29 is 0 Å². The average Bonchev–Trinajstić information content (AvgIpc) is 2.67. The minimum Gasteiger partial charge on any atom is -0.369 e. The zero-order valence-electron chi connectivity index (χ0n) is 14.7. The van der Waals surface area contributed by atoms with Crippen LogP contribution in [0.15, 0.2) is 59.7 Å². The molecule has 0 radical (unpaired) electrons. The summed E-state index contributed by atoms with van der Waals surface area (Å²) in [5.41, 5.74) is 6.07. The lowest BCUT2D eigenvalue weighted by Crippen LogP contribution is -2.44. The van der Waals surface area contributed by atoms with Gasteiger partial charge in [-0.2, -0.15) is 0 Å². The van der Waals surface area contributed by atoms with Crippen LogP contribution in [0.2, 0.25) is 0 Å². The fraction of sp³-hybridized carbons (Fsp3) is 0.286. The lowest BCUT2D eigenvalue weighted by molar-refractivity contribution is 0.313. The summed E-state index contributed by atoms with van der Waals surface area (Å²) in [5, 5.41) is 3.41. The summed E-state index contributed by atoms with van der Waals surface area (Å²) in [4.78, 5) is 9.28. The highest BCUT2D eigenvalue weighted by Crippen LogP contribution is 2.24. The van der Waals surface area contributed by atoms with Gasteiger partial charge in [0, 0.05) is 55.5 Å². The number of hydrogen-bond acceptors (Lipinski definition) is 4. The van der Waals surface area contributed by atoms with Gasteiger partial charge in [-0.15, -0.1) is 0 Å². The molecular weight excluding hydrogens is 308 g/mol. The molecule has 0 aromatic heterocycles. The number of allylic oxidation sites excluding steroid dienone is 1. The molecule has 0 unspecified atom stereocenters. The maximum atomic E-state index is 4.45. The number of nitrogens with one attached hydrogen (secondary N) is 1. The molecule has 25 heavy (non-hydrogen) atoms. The molecule has 1 N–H and O–H groups in total. The summed E-state index contributed by atoms with van der Waals surface area (Å²) in [5.74, 6) is 0. The number of rotatable bonds is 3. The van der Waals surface area contributed by atoms with Gasteiger partial charge in [-0.25, -0.2) is 0 Å². The molecule has 0 spiro atoms. The number of benzene rings is 2. The normalized spacial score (nSPS) is 19.1. The number of nitrogens with zero attached hydrogens (tertiary/aromatic N) is 3. The van der Waals surface area contributed by atoms with E-state index in [0.717, 1.165) is 44.0 Å². The fourth-order valence-corrected chi connectivity index (χ4v) is 3.36. The molecule has 1 fully saturated rings. The Bertz CT molecular complexity index is 784. The van der Waals surface area contributed by atoms with Gasteiger partial charge in [0.15, 0.2) is 0 Å². The predicted octanol–water partition coefficient (Wildman–Crippen LogP) is 3.48. The number of hydrogen-bond donors (Lipinski definition) is 1. The minimum atomic E-state index is 0.771. The first-order valence-corrected chi connectivity index (χ1v) is 8.88. The van der Waals surface area contributed by atoms with Crippen molar-refractivity contribution in [3.05, 3.63) is 65.9 Å². The summed E-state index contributed by atoms with van der Waals surface area (Å²) in [7, 11) is 2.19. The van der Waals surface area contributed by atoms with E-state index in [9.17, 15) is 0 Å². The van der Waals surface area contributed by atoms with Crippen molar-refractivity contribution >= 4 is 23.2 Å². The summed E-state index contributed by atoms with van der Waals surface area (Å²) in [6, 6.07) is 17.2. The topological polar surface area (TPSA) is 30.9 Å². The van der Waals surface area contributed by atoms with E-state index in [1.807, 2.05) is 12.4 Å². The van der Waals surface area contributed by atoms with E-state index in [1.54, 1.807) is 0 Å². The van der Waals surface area contributed by atoms with Crippen molar-refractivity contribution in [3.63, 3.8) is 0 Å². The van der Waals surface area contributed by atoms with Crippen LogP contribution in [0.4, 0.5) is 11.4 Å². The van der Waals surface area contributed by atoms with E-state index in [2.05, 4.69) is 75.7 Å². The van der Waals surface area contributed by atoms with Gasteiger partial charge < -0.3 is 15.1 Å². The third-order valence-electron chi connectivity index (χ3n) is 4.95. The van der Waals surface area contributed by atoms with Gasteiger partial charge in [-0.05, 0) is 42.4 Å². The molecule has 0 atom stereocenters. The summed E-state index contributed by atoms with van der Waals surface area (Å²) >= 11 is 0. The Morgan fingerprint density at radius 2 is 1.72 bits per heavy atom. The van der Waals surface area contributed by atoms with Crippen molar-refractivity contribution in [2.75, 3.05) is 43.4 Å². The lowest BCUT2D eigenvalue weighted by Gasteiger charge is -2.34. The Kier molecular flexibility index (Phi) is 4.53. The Balaban J connectivity index is 1.45. The Labute approximate surface area is 149 Å². The zero-order valence-corrected chi connectivity index (χ0v) is 14.7. The quantitative estimate of drug-likeness (QED) is 0.934. The van der Waals surface area contributed by atoms with Crippen LogP contribution < -0.4 is 10.2 Å². The molecule has 1 saturated heterocycles. The van der Waals surface area contributed by atoms with E-state index in [1.165, 1.54) is 16.8 Å². The summed E-state index contributed by atoms with van der Waals surface area (Å²) in [6.45, 7) is 5.23. The first-order valence-electron chi connectivity index (χ1n) is 8.88. The summed E-state index contributed by atoms with van der Waals surface area (Å²) < 4.78 is 0. The van der Waals surface area contributed by atoms with E-state index in [4.69, 9.17) is 0 Å². The number of anilines is 2. The van der Waals surface area contributed by atoms with Crippen LogP contribution in [0.1, 0.15) is 11.1 Å². The molecule has 2 aliphatic heterocycles. The van der Waals surface area contributed by atoms with Crippen LogP contribution in [0, 0.1) is 0 Å². The second-order valence-electron chi connectivity index (χ2n) is 6.71. The summed E-state index contributed by atoms with van der Waals surface area (Å²) in [6.07, 6.45) is 4.00. The van der Waals surface area contributed by atoms with Crippen molar-refractivity contribution in [2.24, 2.45) is 4.99 Å². The molecule has 128 valence electrons. The lowest BCUT2D eigenvalue weighted by atomic mass is 9.99. The van der Waals surface area contributed by atoms with E-state index < -0.39 is 0 Å². The average molecular weight is 332 g/mol. The number of likely N-dealkylation sites (N-methyl/N-ethyl adjacent to an activating group) is 1. The molecule has 4 rings (SSSR count). The highest BCUT2D eigenvalue weighted by molar-refractivity contribution is 6.11. The van der Waals surface area contributed by atoms with Crippen molar-refractivity contribution in [1.82, 2.24) is 4.90 Å². The molecule has 2 heterocycles. The molecule has 4 heteroatoms. The standard InChI is InChI=1S/C21H24N4/c1-24-10-12-25(13-11-24)20-8-6-19(7-9-20)23-16-18-15-22-14-17-4-2-3-5-21(17)18/h2-9,15-16,23H,10-14H2,1H3/b18-16+. The molecule has 2 aromatic rings. The molecule has 0 bridgehead atoms. The highest BCUT2D eigenvalue weighted by Gasteiger charge is 2.14. The SMILES string of the molecule is CN1CCN(c2ccc(N/C=C3\C=NCc4ccccc43)cc2)CC1. The highest BCUT2D eigenvalue weighted by atomic mass is 15.2. The minimum absolute atomic E-state index is 0.771. The van der Waals surface area contributed by atoms with Gasteiger partial charge in [-0.3, -0.25) is 4.99 Å². The Morgan fingerprint density at radius 1 is 0.960 bits per heavy atom. The molecular formula is C21H24N4. The maximum Gasteiger partial charge on any atom is 0.0646 e. The molecule has 4 nitrogen and oxygen atoms in total. The second-order valence-corrected chi connectivity index (χ2v) is 6.71. The molecule has 2 aromatic carbocycles. The van der Waals surface area contributed by atoms with Gasteiger partial charge in [0.05, 0.1) is 6.54 Å². The largest absolute Gasteiger partial charge is 0.369 e. The van der Waals surface area contributed by atoms with Gasteiger partial charge in [0.25, 0.3) is 0 Å². The predicted molar refractivity (Wildman–Crippen MR) is 106 cm³/mol. The number of fused-ring (bicyclic) bond motifs is 1. The van der Waals surface area contributed by atoms with Crippen LogP contribution in [-0.2, 0) is 6.54 Å². The Morgan fingerprint density at radius 3 is 2.52 bits per heavy atom. The first-order chi connectivity index (χ1) is 12.3. The van der Waals surface area contributed by atoms with E-state index in [-0.39, 0.29) is 0 Å². The first kappa shape index (κ1) is 15.9. The van der Waals surface area contributed by atoms with Crippen LogP contribution in [0.3, 0.4) is 0 Å². The second kappa shape index (κ2) is 7.11. The third kappa shape index (κ3) is 3.59. The molecule has 0 aliphatic carbocycles. The van der Waals surface area contributed by atoms with Crippen molar-refractivity contribution in [1.29, 1.82) is 0 Å². The van der Waals surface area contributed by atoms with Gasteiger partial charge in [0.2, 0.25) is 0 Å². The monoisotopic (exact) mass is 332 g/mol. The van der Waals surface area contributed by atoms with E-state index in [0.29, 0.717) is 0 Å². The molecule has 0 amide bonds. The van der Waals surface area contributed by atoms with Gasteiger partial charge >= 0.3 is 0 Å². The van der Waals surface area contributed by atoms with Crippen molar-refractivity contribution in [3.8, 4) is 0 Å². The van der Waals surface area contributed by atoms with Crippen LogP contribution >= 0.6 is 0 Å². The van der Waals surface area contributed by atoms with Gasteiger partial charge in [0.1, 0.15) is 0 Å². The third-order valence-corrected chi connectivity index (χ3v) is 4.95. The van der Waals surface area contributed by atoms with Crippen LogP contribution in [0.5, 0.6) is 0 Å². The molecule has 0 saturated carbocycles.